The van der Waals surface area contributed by atoms with Gasteiger partial charge in [-0.3, -0.25) is 19.2 Å². The van der Waals surface area contributed by atoms with Gasteiger partial charge in [0.15, 0.2) is 11.2 Å². The van der Waals surface area contributed by atoms with Gasteiger partial charge in [0.25, 0.3) is 0 Å². The molecule has 8 N–H and O–H groups in total. The predicted molar refractivity (Wildman–Crippen MR) is 74.2 cm³/mol. The van der Waals surface area contributed by atoms with Crippen LogP contribution in [0.25, 0.3) is 0 Å². The van der Waals surface area contributed by atoms with Crippen molar-refractivity contribution < 1.29 is 121 Å². The molecule has 0 atom stereocenters. The van der Waals surface area contributed by atoms with E-state index in [0.29, 0.717) is 0 Å². The van der Waals surface area contributed by atoms with Gasteiger partial charge in [0.05, 0.1) is 25.7 Å². The molecule has 0 saturated heterocycles. The molecule has 172 valence electrons. The number of carboxylic acid groups (broad SMARTS) is 6. The number of carboxylic acids is 6. The second-order valence-electron chi connectivity index (χ2n) is 4.96. The van der Waals surface area contributed by atoms with E-state index >= 15 is 0 Å². The van der Waals surface area contributed by atoms with Gasteiger partial charge in [-0.05, 0) is 0 Å². The smallest absolute Gasteiger partial charge is 0.336 e. The fraction of sp³-hybridized carbons (Fsp3) is 0.500. The Morgan fingerprint density at radius 3 is 0.655 bits per heavy atom. The maximum Gasteiger partial charge on any atom is 0.336 e. The first-order valence-electron chi connectivity index (χ1n) is 6.34. The monoisotopic (exact) mass is 552 g/mol. The third kappa shape index (κ3) is 16.9. The van der Waals surface area contributed by atoms with Crippen LogP contribution in [-0.2, 0) is 80.0 Å². The number of rotatable bonds is 10. The van der Waals surface area contributed by atoms with Crippen LogP contribution in [0, 0.1) is 0 Å². The molecule has 0 bridgehead atoms. The van der Waals surface area contributed by atoms with Gasteiger partial charge in [-0.25, -0.2) is 9.59 Å². The average molecular weight is 552 g/mol. The van der Waals surface area contributed by atoms with Crippen molar-refractivity contribution in [1.82, 2.24) is 0 Å². The second kappa shape index (κ2) is 16.1. The van der Waals surface area contributed by atoms with E-state index in [-0.39, 0.29) is 51.2 Å². The molecule has 0 aliphatic carbocycles. The molecule has 0 aromatic carbocycles. The standard InChI is InChI=1S/2C6H8O7.3Fe/c2*7-3(8)1-6(13,5(11)12)2-4(9)10;;;/h2*13H,1-2H2,(H,7,8)(H,9,10)(H,11,12);;;. The van der Waals surface area contributed by atoms with Gasteiger partial charge in [-0.15, -0.1) is 0 Å². The summed E-state index contributed by atoms with van der Waals surface area (Å²) < 4.78 is 0. The molecule has 0 amide bonds. The van der Waals surface area contributed by atoms with Crippen molar-refractivity contribution in [1.29, 1.82) is 0 Å². The SMILES string of the molecule is O=C(O)CC(O)(CC(=O)O)C(=O)O.O=C(O)CC(O)(CC(=O)O)C(=O)O.[Fe].[Fe].[Fe]. The summed E-state index contributed by atoms with van der Waals surface area (Å²) >= 11 is 0. The minimum absolute atomic E-state index is 0. The molecule has 0 fully saturated rings. The zero-order chi connectivity index (χ0) is 21.3. The molecule has 0 rings (SSSR count). The van der Waals surface area contributed by atoms with E-state index in [2.05, 4.69) is 0 Å². The molecular formula is C12H16Fe3O14. The minimum Gasteiger partial charge on any atom is -0.481 e. The van der Waals surface area contributed by atoms with Gasteiger partial charge in [0, 0.05) is 51.2 Å². The predicted octanol–water partition coefficient (Wildman–Crippen LogP) is -2.50. The summed E-state index contributed by atoms with van der Waals surface area (Å²) in [5.41, 5.74) is -5.48. The Kier molecular flexibility index (Phi) is 21.1. The quantitative estimate of drug-likeness (QED) is 0.130. The van der Waals surface area contributed by atoms with E-state index in [4.69, 9.17) is 40.9 Å². The van der Waals surface area contributed by atoms with E-state index in [0.717, 1.165) is 0 Å². The Bertz CT molecular complexity index is 521. The summed E-state index contributed by atoms with van der Waals surface area (Å²) in [7, 11) is 0. The molecule has 0 aliphatic rings. The molecule has 0 radical (unpaired) electrons. The Balaban J connectivity index is -0.000000120. The van der Waals surface area contributed by atoms with Crippen LogP contribution in [-0.4, -0.2) is 87.9 Å². The Hall–Kier alpha value is -1.70. The number of hydrogen-bond acceptors (Lipinski definition) is 8. The Labute approximate surface area is 193 Å². The van der Waals surface area contributed by atoms with Gasteiger partial charge in [0.2, 0.25) is 0 Å². The van der Waals surface area contributed by atoms with E-state index < -0.39 is 72.7 Å². The van der Waals surface area contributed by atoms with E-state index in [9.17, 15) is 28.8 Å². The van der Waals surface area contributed by atoms with Gasteiger partial charge >= 0.3 is 35.8 Å². The summed E-state index contributed by atoms with van der Waals surface area (Å²) in [5.74, 6) is -10.0. The van der Waals surface area contributed by atoms with Crippen LogP contribution in [0.1, 0.15) is 25.7 Å². The molecule has 0 unspecified atom stereocenters. The fourth-order valence-electron chi connectivity index (χ4n) is 1.43. The molecule has 29 heavy (non-hydrogen) atoms. The molecule has 0 spiro atoms. The minimum atomic E-state index is -2.74. The largest absolute Gasteiger partial charge is 0.481 e. The molecule has 0 aromatic rings. The average Bonchev–Trinajstić information content (AvgIpc) is 2.34. The van der Waals surface area contributed by atoms with Crippen LogP contribution in [0.2, 0.25) is 0 Å². The third-order valence-electron chi connectivity index (χ3n) is 2.57. The van der Waals surface area contributed by atoms with Crippen molar-refractivity contribution in [2.24, 2.45) is 0 Å². The summed E-state index contributed by atoms with van der Waals surface area (Å²) in [6.07, 6.45) is -4.58. The maximum atomic E-state index is 10.3. The van der Waals surface area contributed by atoms with E-state index in [1.165, 1.54) is 0 Å². The second-order valence-corrected chi connectivity index (χ2v) is 4.96. The Morgan fingerprint density at radius 1 is 0.448 bits per heavy atom. The Morgan fingerprint density at radius 2 is 0.586 bits per heavy atom. The van der Waals surface area contributed by atoms with Crippen molar-refractivity contribution in [2.45, 2.75) is 36.9 Å². The number of hydrogen-bond donors (Lipinski definition) is 8. The van der Waals surface area contributed by atoms with Crippen LogP contribution >= 0.6 is 0 Å². The topological polar surface area (TPSA) is 264 Å². The summed E-state index contributed by atoms with van der Waals surface area (Å²) in [6.45, 7) is 0. The molecule has 0 saturated carbocycles. The van der Waals surface area contributed by atoms with Crippen molar-refractivity contribution in [2.75, 3.05) is 0 Å². The first kappa shape index (κ1) is 38.0. The summed E-state index contributed by atoms with van der Waals surface area (Å²) in [5, 5.41) is 67.6. The molecule has 0 aromatic heterocycles. The zero-order valence-corrected chi connectivity index (χ0v) is 17.2. The third-order valence-corrected chi connectivity index (χ3v) is 2.57. The van der Waals surface area contributed by atoms with E-state index in [1.54, 1.807) is 0 Å². The maximum absolute atomic E-state index is 10.3. The van der Waals surface area contributed by atoms with Gasteiger partial charge in [-0.1, -0.05) is 0 Å². The van der Waals surface area contributed by atoms with Crippen LogP contribution in [0.5, 0.6) is 0 Å². The van der Waals surface area contributed by atoms with E-state index in [1.807, 2.05) is 0 Å². The number of aliphatic carboxylic acids is 6. The van der Waals surface area contributed by atoms with Crippen LogP contribution in [0.4, 0.5) is 0 Å². The van der Waals surface area contributed by atoms with Crippen LogP contribution in [0.15, 0.2) is 0 Å². The summed E-state index contributed by atoms with van der Waals surface area (Å²) in [6, 6.07) is 0. The number of aliphatic hydroxyl groups is 2. The number of carbonyl (C=O) groups is 6. The van der Waals surface area contributed by atoms with Crippen LogP contribution in [0.3, 0.4) is 0 Å². The van der Waals surface area contributed by atoms with Gasteiger partial charge in [-0.2, -0.15) is 0 Å². The van der Waals surface area contributed by atoms with Crippen LogP contribution < -0.4 is 0 Å². The fourth-order valence-corrected chi connectivity index (χ4v) is 1.43. The molecule has 14 nitrogen and oxygen atoms in total. The van der Waals surface area contributed by atoms with Crippen molar-refractivity contribution in [3.63, 3.8) is 0 Å². The first-order valence-corrected chi connectivity index (χ1v) is 6.34. The molecule has 17 heteroatoms. The molecule has 0 aliphatic heterocycles. The van der Waals surface area contributed by atoms with Gasteiger partial charge < -0.3 is 40.9 Å². The van der Waals surface area contributed by atoms with Crippen molar-refractivity contribution >= 4 is 35.8 Å². The van der Waals surface area contributed by atoms with Gasteiger partial charge in [0.1, 0.15) is 0 Å². The van der Waals surface area contributed by atoms with Crippen molar-refractivity contribution in [3.05, 3.63) is 0 Å². The summed E-state index contributed by atoms with van der Waals surface area (Å²) in [4.78, 5) is 61.0. The molecule has 0 heterocycles. The normalized spacial score (nSPS) is 9.72. The zero-order valence-electron chi connectivity index (χ0n) is 13.9. The molecular weight excluding hydrogens is 536 g/mol. The van der Waals surface area contributed by atoms with Crippen molar-refractivity contribution in [3.8, 4) is 0 Å². The first-order chi connectivity index (χ1) is 11.6.